The van der Waals surface area contributed by atoms with Gasteiger partial charge in [-0.05, 0) is 29.7 Å². The third-order valence-corrected chi connectivity index (χ3v) is 5.01. The first-order valence-corrected chi connectivity index (χ1v) is 8.54. The van der Waals surface area contributed by atoms with Crippen LogP contribution in [0.5, 0.6) is 0 Å². The summed E-state index contributed by atoms with van der Waals surface area (Å²) in [6, 6.07) is 4.86. The van der Waals surface area contributed by atoms with Crippen molar-refractivity contribution >= 4 is 21.6 Å². The molecule has 6 heteroatoms. The van der Waals surface area contributed by atoms with Crippen molar-refractivity contribution in [3.05, 3.63) is 23.8 Å². The van der Waals surface area contributed by atoms with Gasteiger partial charge in [-0.15, -0.1) is 0 Å². The van der Waals surface area contributed by atoms with E-state index < -0.39 is 10.0 Å². The molecule has 0 atom stereocenters. The first-order chi connectivity index (χ1) is 9.62. The summed E-state index contributed by atoms with van der Waals surface area (Å²) in [5, 5.41) is 2.79. The summed E-state index contributed by atoms with van der Waals surface area (Å²) < 4.78 is 27.2. The van der Waals surface area contributed by atoms with Crippen LogP contribution < -0.4 is 10.0 Å². The number of anilines is 1. The standard InChI is InChI=1S/C15H22N2O3S/c1-10(2)9-16-21(19,20)11-5-6-13-12(7-11)15(3,4)8-14(18)17-13/h5-7,10,16H,8-9H2,1-4H3,(H,17,18). The number of hydrogen-bond donors (Lipinski definition) is 2. The number of hydrogen-bond acceptors (Lipinski definition) is 3. The largest absolute Gasteiger partial charge is 0.326 e. The van der Waals surface area contributed by atoms with Crippen LogP contribution in [-0.4, -0.2) is 20.9 Å². The molecule has 1 aromatic carbocycles. The van der Waals surface area contributed by atoms with Crippen molar-refractivity contribution in [3.8, 4) is 0 Å². The maximum atomic E-state index is 12.3. The molecule has 0 unspecified atom stereocenters. The normalized spacial score (nSPS) is 17.5. The summed E-state index contributed by atoms with van der Waals surface area (Å²) >= 11 is 0. The molecule has 0 bridgehead atoms. The van der Waals surface area contributed by atoms with Gasteiger partial charge in [0.25, 0.3) is 0 Å². The van der Waals surface area contributed by atoms with Gasteiger partial charge >= 0.3 is 0 Å². The Morgan fingerprint density at radius 3 is 2.62 bits per heavy atom. The van der Waals surface area contributed by atoms with Gasteiger partial charge in [0.2, 0.25) is 15.9 Å². The SMILES string of the molecule is CC(C)CNS(=O)(=O)c1ccc2c(c1)C(C)(C)CC(=O)N2. The lowest BCUT2D eigenvalue weighted by Gasteiger charge is -2.32. The van der Waals surface area contributed by atoms with Gasteiger partial charge in [0.15, 0.2) is 0 Å². The van der Waals surface area contributed by atoms with Crippen molar-refractivity contribution in [2.45, 2.75) is 44.4 Å². The summed E-state index contributed by atoms with van der Waals surface area (Å²) in [6.07, 6.45) is 0.350. The van der Waals surface area contributed by atoms with Crippen LogP contribution in [0.4, 0.5) is 5.69 Å². The fourth-order valence-electron chi connectivity index (χ4n) is 2.41. The molecule has 1 aliphatic heterocycles. The zero-order chi connectivity index (χ0) is 15.8. The Labute approximate surface area is 126 Å². The molecule has 1 amide bonds. The fourth-order valence-corrected chi connectivity index (χ4v) is 3.65. The van der Waals surface area contributed by atoms with Gasteiger partial charge in [0, 0.05) is 24.1 Å². The van der Waals surface area contributed by atoms with E-state index in [9.17, 15) is 13.2 Å². The predicted octanol–water partition coefficient (Wildman–Crippen LogP) is 2.24. The zero-order valence-corrected chi connectivity index (χ0v) is 13.7. The maximum absolute atomic E-state index is 12.3. The van der Waals surface area contributed by atoms with Crippen molar-refractivity contribution in [1.29, 1.82) is 0 Å². The second-order valence-electron chi connectivity index (χ2n) is 6.56. The van der Waals surface area contributed by atoms with Gasteiger partial charge in [-0.2, -0.15) is 0 Å². The molecule has 1 heterocycles. The van der Waals surface area contributed by atoms with Gasteiger partial charge in [-0.25, -0.2) is 13.1 Å². The predicted molar refractivity (Wildman–Crippen MR) is 82.7 cm³/mol. The van der Waals surface area contributed by atoms with Crippen LogP contribution >= 0.6 is 0 Å². The minimum Gasteiger partial charge on any atom is -0.326 e. The summed E-state index contributed by atoms with van der Waals surface area (Å²) in [5.41, 5.74) is 1.18. The van der Waals surface area contributed by atoms with E-state index in [0.717, 1.165) is 5.56 Å². The van der Waals surface area contributed by atoms with Crippen molar-refractivity contribution in [1.82, 2.24) is 4.72 Å². The molecule has 0 aliphatic carbocycles. The Bertz CT molecular complexity index is 663. The molecular weight excluding hydrogens is 288 g/mol. The number of benzene rings is 1. The summed E-state index contributed by atoms with van der Waals surface area (Å²) in [4.78, 5) is 11.9. The Balaban J connectivity index is 2.39. The molecule has 1 aliphatic rings. The first kappa shape index (κ1) is 16.0. The van der Waals surface area contributed by atoms with Gasteiger partial charge in [0.1, 0.15) is 0 Å². The van der Waals surface area contributed by atoms with Crippen LogP contribution in [0.15, 0.2) is 23.1 Å². The van der Waals surface area contributed by atoms with Crippen molar-refractivity contribution in [3.63, 3.8) is 0 Å². The van der Waals surface area contributed by atoms with Crippen LogP contribution in [0.1, 0.15) is 39.7 Å². The molecule has 0 radical (unpaired) electrons. The molecule has 0 spiro atoms. The summed E-state index contributed by atoms with van der Waals surface area (Å²) in [7, 11) is -3.52. The fraction of sp³-hybridized carbons (Fsp3) is 0.533. The van der Waals surface area contributed by atoms with E-state index in [2.05, 4.69) is 10.0 Å². The second kappa shape index (κ2) is 5.42. The van der Waals surface area contributed by atoms with E-state index in [-0.39, 0.29) is 22.1 Å². The Kier molecular flexibility index (Phi) is 4.13. The third kappa shape index (κ3) is 3.44. The van der Waals surface area contributed by atoms with Crippen LogP contribution in [0, 0.1) is 5.92 Å². The Morgan fingerprint density at radius 2 is 2.00 bits per heavy atom. The summed E-state index contributed by atoms with van der Waals surface area (Å²) in [5.74, 6) is 0.203. The van der Waals surface area contributed by atoms with E-state index in [4.69, 9.17) is 0 Å². The highest BCUT2D eigenvalue weighted by Crippen LogP contribution is 2.38. The smallest absolute Gasteiger partial charge is 0.240 e. The zero-order valence-electron chi connectivity index (χ0n) is 12.9. The molecule has 2 rings (SSSR count). The molecule has 5 nitrogen and oxygen atoms in total. The number of carbonyl (C=O) groups is 1. The van der Waals surface area contributed by atoms with E-state index in [1.54, 1.807) is 12.1 Å². The molecule has 0 saturated heterocycles. The van der Waals surface area contributed by atoms with Crippen LogP contribution in [-0.2, 0) is 20.2 Å². The van der Waals surface area contributed by atoms with E-state index in [0.29, 0.717) is 18.7 Å². The highest BCUT2D eigenvalue weighted by molar-refractivity contribution is 7.89. The molecular formula is C15H22N2O3S. The number of rotatable bonds is 4. The number of sulfonamides is 1. The quantitative estimate of drug-likeness (QED) is 0.895. The molecule has 116 valence electrons. The molecule has 0 aromatic heterocycles. The van der Waals surface area contributed by atoms with Crippen molar-refractivity contribution in [2.75, 3.05) is 11.9 Å². The first-order valence-electron chi connectivity index (χ1n) is 7.06. The minimum absolute atomic E-state index is 0.0407. The van der Waals surface area contributed by atoms with Crippen LogP contribution in [0.3, 0.4) is 0 Å². The average molecular weight is 310 g/mol. The minimum atomic E-state index is -3.52. The van der Waals surface area contributed by atoms with E-state index in [1.807, 2.05) is 27.7 Å². The lowest BCUT2D eigenvalue weighted by molar-refractivity contribution is -0.117. The van der Waals surface area contributed by atoms with Gasteiger partial charge in [-0.3, -0.25) is 4.79 Å². The topological polar surface area (TPSA) is 75.3 Å². The number of nitrogens with one attached hydrogen (secondary N) is 2. The van der Waals surface area contributed by atoms with Crippen LogP contribution in [0.2, 0.25) is 0 Å². The van der Waals surface area contributed by atoms with E-state index >= 15 is 0 Å². The van der Waals surface area contributed by atoms with Gasteiger partial charge in [0.05, 0.1) is 4.90 Å². The number of amides is 1. The Morgan fingerprint density at radius 1 is 1.33 bits per heavy atom. The number of carbonyl (C=O) groups excluding carboxylic acids is 1. The van der Waals surface area contributed by atoms with E-state index in [1.165, 1.54) is 6.07 Å². The molecule has 2 N–H and O–H groups in total. The summed E-state index contributed by atoms with van der Waals surface area (Å²) in [6.45, 7) is 8.20. The molecule has 0 saturated carbocycles. The van der Waals surface area contributed by atoms with Gasteiger partial charge in [-0.1, -0.05) is 27.7 Å². The van der Waals surface area contributed by atoms with Crippen LogP contribution in [0.25, 0.3) is 0 Å². The Hall–Kier alpha value is -1.40. The number of fused-ring (bicyclic) bond motifs is 1. The second-order valence-corrected chi connectivity index (χ2v) is 8.33. The maximum Gasteiger partial charge on any atom is 0.240 e. The third-order valence-electron chi connectivity index (χ3n) is 3.59. The lowest BCUT2D eigenvalue weighted by Crippen LogP contribution is -2.33. The highest BCUT2D eigenvalue weighted by atomic mass is 32.2. The van der Waals surface area contributed by atoms with Gasteiger partial charge < -0.3 is 5.32 Å². The molecule has 1 aromatic rings. The highest BCUT2D eigenvalue weighted by Gasteiger charge is 2.33. The van der Waals surface area contributed by atoms with Crippen molar-refractivity contribution < 1.29 is 13.2 Å². The van der Waals surface area contributed by atoms with Crippen molar-refractivity contribution in [2.24, 2.45) is 5.92 Å². The average Bonchev–Trinajstić information content (AvgIpc) is 2.35. The monoisotopic (exact) mass is 310 g/mol. The molecule has 21 heavy (non-hydrogen) atoms. The molecule has 0 fully saturated rings. The lowest BCUT2D eigenvalue weighted by atomic mass is 9.78.